The number of para-hydroxylation sites is 1. The molecule has 0 aliphatic carbocycles. The molecule has 1 aliphatic heterocycles. The lowest BCUT2D eigenvalue weighted by Gasteiger charge is -2.34. The van der Waals surface area contributed by atoms with Crippen molar-refractivity contribution in [3.8, 4) is 5.75 Å². The molecule has 2 amide bonds. The molecule has 0 atom stereocenters. The third kappa shape index (κ3) is 5.57. The van der Waals surface area contributed by atoms with Gasteiger partial charge in [-0.1, -0.05) is 31.2 Å². The van der Waals surface area contributed by atoms with Crippen LogP contribution in [0.3, 0.4) is 0 Å². The van der Waals surface area contributed by atoms with Gasteiger partial charge in [0, 0.05) is 31.9 Å². The molecule has 1 fully saturated rings. The number of benzene rings is 2. The highest BCUT2D eigenvalue weighted by atomic mass is 19.1. The van der Waals surface area contributed by atoms with Crippen molar-refractivity contribution in [1.29, 1.82) is 0 Å². The molecule has 30 heavy (non-hydrogen) atoms. The summed E-state index contributed by atoms with van der Waals surface area (Å²) in [7, 11) is 1.41. The van der Waals surface area contributed by atoms with Crippen LogP contribution in [0.25, 0.3) is 0 Å². The molecule has 6 nitrogen and oxygen atoms in total. The molecule has 1 N–H and O–H groups in total. The molecule has 1 saturated heterocycles. The van der Waals surface area contributed by atoms with Crippen LogP contribution in [-0.4, -0.2) is 61.4 Å². The number of nitrogens with one attached hydrogen (secondary N) is 1. The lowest BCUT2D eigenvalue weighted by atomic mass is 10.1. The Bertz CT molecular complexity index is 895. The topological polar surface area (TPSA) is 61.9 Å². The monoisotopic (exact) mass is 413 g/mol. The van der Waals surface area contributed by atoms with Crippen LogP contribution >= 0.6 is 0 Å². The van der Waals surface area contributed by atoms with Crippen molar-refractivity contribution in [2.45, 2.75) is 19.8 Å². The van der Waals surface area contributed by atoms with Gasteiger partial charge in [0.05, 0.1) is 20.1 Å². The lowest BCUT2D eigenvalue weighted by molar-refractivity contribution is -0.132. The molecule has 0 radical (unpaired) electrons. The summed E-state index contributed by atoms with van der Waals surface area (Å²) in [6.07, 6.45) is 1.00. The summed E-state index contributed by atoms with van der Waals surface area (Å²) in [6.45, 7) is 4.72. The van der Waals surface area contributed by atoms with Crippen LogP contribution in [0, 0.1) is 5.82 Å². The molecule has 0 saturated carbocycles. The quantitative estimate of drug-likeness (QED) is 0.758. The summed E-state index contributed by atoms with van der Waals surface area (Å²) in [4.78, 5) is 28.8. The summed E-state index contributed by atoms with van der Waals surface area (Å²) in [6, 6.07) is 12.4. The van der Waals surface area contributed by atoms with E-state index in [2.05, 4.69) is 12.2 Å². The number of carbonyl (C=O) groups excluding carboxylic acids is 2. The van der Waals surface area contributed by atoms with Gasteiger partial charge in [0.15, 0.2) is 11.6 Å². The zero-order chi connectivity index (χ0) is 21.5. The van der Waals surface area contributed by atoms with Gasteiger partial charge in [-0.15, -0.1) is 0 Å². The Hall–Kier alpha value is -2.93. The van der Waals surface area contributed by atoms with E-state index in [0.29, 0.717) is 38.3 Å². The molecule has 0 bridgehead atoms. The van der Waals surface area contributed by atoms with Crippen LogP contribution in [0.2, 0.25) is 0 Å². The van der Waals surface area contributed by atoms with Crippen LogP contribution < -0.4 is 10.1 Å². The van der Waals surface area contributed by atoms with Gasteiger partial charge in [-0.3, -0.25) is 14.5 Å². The first-order valence-electron chi connectivity index (χ1n) is 10.2. The van der Waals surface area contributed by atoms with Crippen molar-refractivity contribution in [1.82, 2.24) is 9.80 Å². The first kappa shape index (κ1) is 21.8. The number of piperazine rings is 1. The van der Waals surface area contributed by atoms with Gasteiger partial charge in [-0.2, -0.15) is 0 Å². The first-order chi connectivity index (χ1) is 14.5. The fourth-order valence-electron chi connectivity index (χ4n) is 3.61. The Labute approximate surface area is 176 Å². The molecule has 160 valence electrons. The summed E-state index contributed by atoms with van der Waals surface area (Å²) in [5.41, 5.74) is 2.58. The molecule has 0 spiro atoms. The highest BCUT2D eigenvalue weighted by Gasteiger charge is 2.23. The largest absolute Gasteiger partial charge is 0.494 e. The van der Waals surface area contributed by atoms with E-state index < -0.39 is 5.82 Å². The first-order valence-corrected chi connectivity index (χ1v) is 10.2. The molecule has 7 heteroatoms. The van der Waals surface area contributed by atoms with E-state index in [9.17, 15) is 14.0 Å². The van der Waals surface area contributed by atoms with E-state index >= 15 is 0 Å². The third-order valence-corrected chi connectivity index (χ3v) is 5.34. The lowest BCUT2D eigenvalue weighted by Crippen LogP contribution is -2.50. The number of nitrogens with zero attached hydrogens (tertiary/aromatic N) is 2. The van der Waals surface area contributed by atoms with Gasteiger partial charge in [-0.25, -0.2) is 4.39 Å². The number of anilines is 1. The minimum absolute atomic E-state index is 0.0412. The van der Waals surface area contributed by atoms with E-state index in [1.807, 2.05) is 29.2 Å². The Balaban J connectivity index is 1.46. The molecule has 2 aromatic carbocycles. The zero-order valence-corrected chi connectivity index (χ0v) is 17.5. The maximum Gasteiger partial charge on any atom is 0.238 e. The predicted molar refractivity (Wildman–Crippen MR) is 114 cm³/mol. The van der Waals surface area contributed by atoms with Crippen molar-refractivity contribution in [3.05, 3.63) is 59.4 Å². The number of carbonyl (C=O) groups is 2. The average molecular weight is 413 g/mol. The molecule has 1 heterocycles. The number of methoxy groups -OCH3 is 1. The van der Waals surface area contributed by atoms with Crippen molar-refractivity contribution in [3.63, 3.8) is 0 Å². The maximum absolute atomic E-state index is 13.8. The smallest absolute Gasteiger partial charge is 0.238 e. The normalized spacial score (nSPS) is 14.4. The van der Waals surface area contributed by atoms with Crippen LogP contribution in [0.1, 0.15) is 18.1 Å². The van der Waals surface area contributed by atoms with Gasteiger partial charge in [0.25, 0.3) is 0 Å². The van der Waals surface area contributed by atoms with Crippen molar-refractivity contribution < 1.29 is 18.7 Å². The minimum Gasteiger partial charge on any atom is -0.494 e. The van der Waals surface area contributed by atoms with Crippen LogP contribution in [0.5, 0.6) is 5.75 Å². The van der Waals surface area contributed by atoms with Crippen molar-refractivity contribution >= 4 is 17.5 Å². The second kappa shape index (κ2) is 10.2. The SMILES string of the molecule is CCc1ccccc1NC(=O)CN1CCN(C(=O)Cc2ccc(OC)c(F)c2)CC1. The standard InChI is InChI=1S/C23H28FN3O3/c1-3-18-6-4-5-7-20(18)25-22(28)16-26-10-12-27(13-11-26)23(29)15-17-8-9-21(30-2)19(24)14-17/h4-9,14H,3,10-13,15-16H2,1-2H3,(H,25,28). The fourth-order valence-corrected chi connectivity index (χ4v) is 3.61. The Kier molecular flexibility index (Phi) is 7.41. The second-order valence-electron chi connectivity index (χ2n) is 7.36. The highest BCUT2D eigenvalue weighted by molar-refractivity contribution is 5.93. The molecule has 1 aliphatic rings. The second-order valence-corrected chi connectivity index (χ2v) is 7.36. The van der Waals surface area contributed by atoms with E-state index in [4.69, 9.17) is 4.74 Å². The molecular weight excluding hydrogens is 385 g/mol. The Morgan fingerprint density at radius 2 is 1.83 bits per heavy atom. The van der Waals surface area contributed by atoms with Gasteiger partial charge >= 0.3 is 0 Å². The average Bonchev–Trinajstić information content (AvgIpc) is 2.74. The predicted octanol–water partition coefficient (Wildman–Crippen LogP) is 2.72. The maximum atomic E-state index is 13.8. The summed E-state index contributed by atoms with van der Waals surface area (Å²) in [5.74, 6) is -0.396. The molecular formula is C23H28FN3O3. The van der Waals surface area contributed by atoms with Crippen LogP contribution in [0.15, 0.2) is 42.5 Å². The number of halogens is 1. The summed E-state index contributed by atoms with van der Waals surface area (Å²) < 4.78 is 18.7. The van der Waals surface area contributed by atoms with Gasteiger partial charge in [-0.05, 0) is 35.7 Å². The van der Waals surface area contributed by atoms with E-state index in [1.54, 1.807) is 11.0 Å². The van der Waals surface area contributed by atoms with E-state index in [1.165, 1.54) is 19.2 Å². The molecule has 0 aromatic heterocycles. The highest BCUT2D eigenvalue weighted by Crippen LogP contribution is 2.19. The van der Waals surface area contributed by atoms with Crippen LogP contribution in [0.4, 0.5) is 10.1 Å². The molecule has 2 aromatic rings. The Morgan fingerprint density at radius 3 is 2.50 bits per heavy atom. The number of rotatable bonds is 7. The third-order valence-electron chi connectivity index (χ3n) is 5.34. The number of ether oxygens (including phenoxy) is 1. The summed E-state index contributed by atoms with van der Waals surface area (Å²) in [5, 5.41) is 2.98. The minimum atomic E-state index is -0.469. The van der Waals surface area contributed by atoms with Gasteiger partial charge in [0.2, 0.25) is 11.8 Å². The number of hydrogen-bond donors (Lipinski definition) is 1. The van der Waals surface area contributed by atoms with Gasteiger partial charge < -0.3 is 15.0 Å². The molecule has 0 unspecified atom stereocenters. The van der Waals surface area contributed by atoms with E-state index in [-0.39, 0.29) is 24.0 Å². The molecule has 3 rings (SSSR count). The zero-order valence-electron chi connectivity index (χ0n) is 17.5. The van der Waals surface area contributed by atoms with Gasteiger partial charge in [0.1, 0.15) is 0 Å². The number of hydrogen-bond acceptors (Lipinski definition) is 4. The summed E-state index contributed by atoms with van der Waals surface area (Å²) >= 11 is 0. The number of amides is 2. The van der Waals surface area contributed by atoms with Crippen molar-refractivity contribution in [2.75, 3.05) is 45.2 Å². The van der Waals surface area contributed by atoms with Crippen molar-refractivity contribution in [2.24, 2.45) is 0 Å². The van der Waals surface area contributed by atoms with E-state index in [0.717, 1.165) is 17.7 Å². The fraction of sp³-hybridized carbons (Fsp3) is 0.391. The van der Waals surface area contributed by atoms with Crippen LogP contribution in [-0.2, 0) is 22.4 Å². The Morgan fingerprint density at radius 1 is 1.10 bits per heavy atom. The number of aryl methyl sites for hydroxylation is 1.